The van der Waals surface area contributed by atoms with Crippen molar-refractivity contribution >= 4 is 0 Å². The maximum absolute atomic E-state index is 2.54. The van der Waals surface area contributed by atoms with Crippen molar-refractivity contribution in [3.8, 4) is 11.1 Å². The van der Waals surface area contributed by atoms with Gasteiger partial charge in [-0.1, -0.05) is 151 Å². The molecule has 0 aromatic heterocycles. The quantitative estimate of drug-likeness (QED) is 0.315. The smallest absolute Gasteiger partial charge is 0.0457 e. The minimum atomic E-state index is -0.256. The Hall–Kier alpha value is -3.12. The van der Waals surface area contributed by atoms with Gasteiger partial charge in [0.1, 0.15) is 0 Å². The van der Waals surface area contributed by atoms with Crippen LogP contribution in [0.5, 0.6) is 0 Å². The fourth-order valence-electron chi connectivity index (χ4n) is 6.29. The third-order valence-corrected chi connectivity index (χ3v) is 8.37. The molecule has 37 heavy (non-hydrogen) atoms. The van der Waals surface area contributed by atoms with Crippen LogP contribution in [0, 0.1) is 0 Å². The lowest BCUT2D eigenvalue weighted by Gasteiger charge is -2.41. The van der Waals surface area contributed by atoms with Crippen molar-refractivity contribution in [2.24, 2.45) is 0 Å². The molecular formula is C37H42. The molecule has 5 rings (SSSR count). The lowest BCUT2D eigenvalue weighted by molar-refractivity contribution is 0.538. The fraction of sp³-hybridized carbons (Fsp3) is 0.351. The largest absolute Gasteiger partial charge is 0.0876 e. The third-order valence-electron chi connectivity index (χ3n) is 8.37. The Kier molecular flexibility index (Phi) is 6.43. The van der Waals surface area contributed by atoms with Crippen molar-refractivity contribution < 1.29 is 0 Å². The van der Waals surface area contributed by atoms with E-state index in [4.69, 9.17) is 0 Å². The van der Waals surface area contributed by atoms with Crippen molar-refractivity contribution in [3.05, 3.63) is 131 Å². The molecule has 0 nitrogen and oxygen atoms in total. The number of fused-ring (bicyclic) bond motifs is 3. The zero-order valence-corrected chi connectivity index (χ0v) is 23.7. The molecule has 3 aromatic carbocycles. The van der Waals surface area contributed by atoms with Crippen molar-refractivity contribution in [2.75, 3.05) is 0 Å². The van der Waals surface area contributed by atoms with E-state index in [1.807, 2.05) is 0 Å². The van der Waals surface area contributed by atoms with Crippen LogP contribution in [-0.4, -0.2) is 0 Å². The highest BCUT2D eigenvalue weighted by atomic mass is 14.5. The summed E-state index contributed by atoms with van der Waals surface area (Å²) in [5.74, 6) is 0.207. The highest BCUT2D eigenvalue weighted by molar-refractivity contribution is 5.82. The minimum absolute atomic E-state index is 0.0910. The molecule has 0 aliphatic heterocycles. The molecule has 0 heteroatoms. The van der Waals surface area contributed by atoms with E-state index in [1.165, 1.54) is 44.5 Å². The van der Waals surface area contributed by atoms with Crippen LogP contribution in [0.25, 0.3) is 11.1 Å². The Bertz CT molecular complexity index is 1320. The van der Waals surface area contributed by atoms with E-state index in [-0.39, 0.29) is 22.2 Å². The van der Waals surface area contributed by atoms with Crippen molar-refractivity contribution in [2.45, 2.75) is 83.5 Å². The van der Waals surface area contributed by atoms with Crippen LogP contribution in [0.2, 0.25) is 0 Å². The third kappa shape index (κ3) is 4.35. The number of hydrogen-bond acceptors (Lipinski definition) is 0. The van der Waals surface area contributed by atoms with Crippen molar-refractivity contribution in [1.82, 2.24) is 0 Å². The van der Waals surface area contributed by atoms with E-state index < -0.39 is 0 Å². The van der Waals surface area contributed by atoms with Crippen LogP contribution >= 0.6 is 0 Å². The first-order valence-electron chi connectivity index (χ1n) is 14.0. The van der Waals surface area contributed by atoms with Crippen molar-refractivity contribution in [3.63, 3.8) is 0 Å². The maximum atomic E-state index is 2.54. The van der Waals surface area contributed by atoms with Gasteiger partial charge in [-0.3, -0.25) is 0 Å². The van der Waals surface area contributed by atoms with E-state index in [0.29, 0.717) is 0 Å². The van der Waals surface area contributed by atoms with E-state index in [1.54, 1.807) is 0 Å². The molecule has 0 spiro atoms. The van der Waals surface area contributed by atoms with Gasteiger partial charge in [0.2, 0.25) is 0 Å². The lowest BCUT2D eigenvalue weighted by Crippen LogP contribution is -2.34. The molecule has 1 atom stereocenters. The summed E-state index contributed by atoms with van der Waals surface area (Å²) < 4.78 is 0. The highest BCUT2D eigenvalue weighted by Gasteiger charge is 2.47. The van der Waals surface area contributed by atoms with Crippen LogP contribution in [0.1, 0.15) is 95.0 Å². The Balaban J connectivity index is 1.89. The summed E-state index contributed by atoms with van der Waals surface area (Å²) >= 11 is 0. The molecule has 0 saturated heterocycles. The summed E-state index contributed by atoms with van der Waals surface area (Å²) in [5, 5.41) is 0. The summed E-state index contributed by atoms with van der Waals surface area (Å²) in [6, 6.07) is 25.8. The standard InChI is InChI=1S/C37H42/c1-8-9-23-37(27-17-13-14-18-27,26-15-11-10-12-16-26)34-32-24-28(35(2,3)4)19-21-30(32)31-22-20-29(25-33(31)34)36(5,6)7/h9-17,19-25,34H,8,18H2,1-7H3. The van der Waals surface area contributed by atoms with Gasteiger partial charge in [-0.15, -0.1) is 0 Å². The number of hydrogen-bond donors (Lipinski definition) is 0. The van der Waals surface area contributed by atoms with Crippen LogP contribution in [0.15, 0.2) is 103 Å². The predicted molar refractivity (Wildman–Crippen MR) is 161 cm³/mol. The molecule has 0 bridgehead atoms. The first-order chi connectivity index (χ1) is 17.6. The molecular weight excluding hydrogens is 444 g/mol. The molecule has 3 aromatic rings. The molecule has 190 valence electrons. The first kappa shape index (κ1) is 25.5. The molecule has 1 unspecified atom stereocenters. The Morgan fingerprint density at radius 1 is 0.730 bits per heavy atom. The van der Waals surface area contributed by atoms with Crippen LogP contribution < -0.4 is 0 Å². The average molecular weight is 487 g/mol. The number of allylic oxidation sites excluding steroid dienone is 6. The first-order valence-corrected chi connectivity index (χ1v) is 14.0. The molecule has 0 heterocycles. The molecule has 0 amide bonds. The normalized spacial score (nSPS) is 17.1. The monoisotopic (exact) mass is 486 g/mol. The summed E-state index contributed by atoms with van der Waals surface area (Å²) in [4.78, 5) is 0. The second-order valence-electron chi connectivity index (χ2n) is 12.9. The van der Waals surface area contributed by atoms with Crippen LogP contribution in [0.3, 0.4) is 0 Å². The van der Waals surface area contributed by atoms with E-state index in [0.717, 1.165) is 12.8 Å². The Labute approximate surface area is 224 Å². The summed E-state index contributed by atoms with van der Waals surface area (Å²) in [6.07, 6.45) is 13.9. The summed E-state index contributed by atoms with van der Waals surface area (Å²) in [7, 11) is 0. The number of rotatable bonds is 5. The Morgan fingerprint density at radius 2 is 1.30 bits per heavy atom. The van der Waals surface area contributed by atoms with Gasteiger partial charge in [0, 0.05) is 11.3 Å². The van der Waals surface area contributed by atoms with Crippen LogP contribution in [-0.2, 0) is 16.2 Å². The summed E-state index contributed by atoms with van der Waals surface area (Å²) in [5.41, 5.74) is 11.3. The molecule has 2 aliphatic carbocycles. The van der Waals surface area contributed by atoms with Gasteiger partial charge in [0.05, 0.1) is 0 Å². The van der Waals surface area contributed by atoms with E-state index in [9.17, 15) is 0 Å². The van der Waals surface area contributed by atoms with Gasteiger partial charge in [0.25, 0.3) is 0 Å². The second-order valence-corrected chi connectivity index (χ2v) is 12.9. The van der Waals surface area contributed by atoms with Gasteiger partial charge in [-0.25, -0.2) is 0 Å². The molecule has 0 fully saturated rings. The van der Waals surface area contributed by atoms with Crippen molar-refractivity contribution in [1.29, 1.82) is 0 Å². The zero-order valence-electron chi connectivity index (χ0n) is 23.7. The van der Waals surface area contributed by atoms with Gasteiger partial charge < -0.3 is 0 Å². The molecule has 0 radical (unpaired) electrons. The molecule has 2 aliphatic rings. The average Bonchev–Trinajstić information content (AvgIpc) is 3.51. The fourth-order valence-corrected chi connectivity index (χ4v) is 6.29. The lowest BCUT2D eigenvalue weighted by atomic mass is 9.61. The predicted octanol–water partition coefficient (Wildman–Crippen LogP) is 10.2. The van der Waals surface area contributed by atoms with Gasteiger partial charge in [0.15, 0.2) is 0 Å². The van der Waals surface area contributed by atoms with E-state index in [2.05, 4.69) is 146 Å². The SMILES string of the molecule is CCC=CC(C1=CC=CC1)(c1ccccc1)C1c2cc(C(C)(C)C)ccc2-c2ccc(C(C)(C)C)cc21. The number of benzene rings is 3. The van der Waals surface area contributed by atoms with Gasteiger partial charge in [-0.2, -0.15) is 0 Å². The second kappa shape index (κ2) is 9.32. The van der Waals surface area contributed by atoms with Gasteiger partial charge >= 0.3 is 0 Å². The van der Waals surface area contributed by atoms with Gasteiger partial charge in [-0.05, 0) is 62.6 Å². The Morgan fingerprint density at radius 3 is 1.76 bits per heavy atom. The molecule has 0 saturated carbocycles. The topological polar surface area (TPSA) is 0 Å². The van der Waals surface area contributed by atoms with Crippen LogP contribution in [0.4, 0.5) is 0 Å². The highest BCUT2D eigenvalue weighted by Crippen LogP contribution is 2.59. The molecule has 0 N–H and O–H groups in total. The maximum Gasteiger partial charge on any atom is 0.0457 e. The zero-order chi connectivity index (χ0) is 26.4. The van der Waals surface area contributed by atoms with E-state index >= 15 is 0 Å². The summed E-state index contributed by atoms with van der Waals surface area (Å²) in [6.45, 7) is 16.2. The minimum Gasteiger partial charge on any atom is -0.0876 e.